The summed E-state index contributed by atoms with van der Waals surface area (Å²) >= 11 is 0. The first-order valence-electron chi connectivity index (χ1n) is 5.65. The van der Waals surface area contributed by atoms with Gasteiger partial charge in [-0.2, -0.15) is 0 Å². The molecule has 0 saturated heterocycles. The lowest BCUT2D eigenvalue weighted by molar-refractivity contribution is -0.385. The van der Waals surface area contributed by atoms with Gasteiger partial charge >= 0.3 is 5.69 Å². The fraction of sp³-hybridized carbons (Fsp3) is 0.0714. The predicted octanol–water partition coefficient (Wildman–Crippen LogP) is 3.36. The van der Waals surface area contributed by atoms with Crippen LogP contribution < -0.4 is 0 Å². The average Bonchev–Trinajstić information content (AvgIpc) is 2.39. The molecule has 2 rings (SSSR count). The Morgan fingerprint density at radius 2 is 2.00 bits per heavy atom. The Bertz CT molecular complexity index is 651. The lowest BCUT2D eigenvalue weighted by atomic mass is 10.2. The minimum Gasteiger partial charge on any atom is -0.502 e. The van der Waals surface area contributed by atoms with Gasteiger partial charge < -0.3 is 5.11 Å². The van der Waals surface area contributed by atoms with Crippen LogP contribution in [0.2, 0.25) is 0 Å². The van der Waals surface area contributed by atoms with E-state index in [1.165, 1.54) is 18.3 Å². The molecule has 0 unspecified atom stereocenters. The molecule has 0 radical (unpaired) electrons. The van der Waals surface area contributed by atoms with E-state index in [0.717, 1.165) is 11.3 Å². The van der Waals surface area contributed by atoms with Gasteiger partial charge in [0.05, 0.1) is 10.6 Å². The Hall–Kier alpha value is -2.69. The number of aromatic hydroxyl groups is 1. The molecule has 0 saturated carbocycles. The molecule has 1 N–H and O–H groups in total. The zero-order valence-electron chi connectivity index (χ0n) is 10.3. The molecule has 0 spiro atoms. The van der Waals surface area contributed by atoms with Gasteiger partial charge in [-0.3, -0.25) is 15.1 Å². The molecule has 2 aromatic rings. The molecule has 96 valence electrons. The first kappa shape index (κ1) is 12.8. The fourth-order valence-corrected chi connectivity index (χ4v) is 1.62. The standard InChI is InChI=1S/C14H12N2O3/c1-10-4-2-3-5-12(10)15-9-11-6-7-14(17)13(8-11)16(18)19/h2-9,17H,1H3. The van der Waals surface area contributed by atoms with Crippen molar-refractivity contribution in [2.75, 3.05) is 0 Å². The fourth-order valence-electron chi connectivity index (χ4n) is 1.62. The van der Waals surface area contributed by atoms with Gasteiger partial charge in [-0.05, 0) is 36.2 Å². The number of nitrogens with zero attached hydrogens (tertiary/aromatic N) is 2. The summed E-state index contributed by atoms with van der Waals surface area (Å²) in [6.07, 6.45) is 1.54. The van der Waals surface area contributed by atoms with Gasteiger partial charge in [0.2, 0.25) is 0 Å². The third-order valence-corrected chi connectivity index (χ3v) is 2.66. The van der Waals surface area contributed by atoms with E-state index in [4.69, 9.17) is 0 Å². The van der Waals surface area contributed by atoms with Crippen molar-refractivity contribution < 1.29 is 10.0 Å². The maximum absolute atomic E-state index is 10.7. The summed E-state index contributed by atoms with van der Waals surface area (Å²) in [5.41, 5.74) is 2.06. The molecule has 0 fully saturated rings. The third-order valence-electron chi connectivity index (χ3n) is 2.66. The number of nitro groups is 1. The lowest BCUT2D eigenvalue weighted by Crippen LogP contribution is -1.90. The summed E-state index contributed by atoms with van der Waals surface area (Å²) in [7, 11) is 0. The van der Waals surface area contributed by atoms with Crippen molar-refractivity contribution >= 4 is 17.6 Å². The molecule has 0 aliphatic carbocycles. The minimum absolute atomic E-state index is 0.325. The maximum Gasteiger partial charge on any atom is 0.311 e. The molecule has 0 heterocycles. The molecule has 0 aliphatic rings. The van der Waals surface area contributed by atoms with Gasteiger partial charge in [-0.1, -0.05) is 18.2 Å². The van der Waals surface area contributed by atoms with Crippen LogP contribution in [0.5, 0.6) is 5.75 Å². The van der Waals surface area contributed by atoms with Gasteiger partial charge in [-0.15, -0.1) is 0 Å². The van der Waals surface area contributed by atoms with Crippen LogP contribution in [0.25, 0.3) is 0 Å². The van der Waals surface area contributed by atoms with E-state index in [1.54, 1.807) is 6.07 Å². The quantitative estimate of drug-likeness (QED) is 0.519. The average molecular weight is 256 g/mol. The zero-order chi connectivity index (χ0) is 13.8. The molecular formula is C14H12N2O3. The topological polar surface area (TPSA) is 75.7 Å². The SMILES string of the molecule is Cc1ccccc1N=Cc1ccc(O)c([N+](=O)[O-])c1. The number of phenols is 1. The molecule has 0 bridgehead atoms. The lowest BCUT2D eigenvalue weighted by Gasteiger charge is -1.99. The van der Waals surface area contributed by atoms with Crippen molar-refractivity contribution in [2.45, 2.75) is 6.92 Å². The van der Waals surface area contributed by atoms with Crippen LogP contribution in [-0.2, 0) is 0 Å². The van der Waals surface area contributed by atoms with E-state index in [-0.39, 0.29) is 11.4 Å². The number of rotatable bonds is 3. The molecule has 0 amide bonds. The third kappa shape index (κ3) is 2.95. The predicted molar refractivity (Wildman–Crippen MR) is 73.2 cm³/mol. The highest BCUT2D eigenvalue weighted by Gasteiger charge is 2.12. The number of benzene rings is 2. The number of hydrogen-bond acceptors (Lipinski definition) is 4. The van der Waals surface area contributed by atoms with Crippen LogP contribution >= 0.6 is 0 Å². The number of para-hydroxylation sites is 1. The number of nitro benzene ring substituents is 1. The second kappa shape index (κ2) is 5.30. The summed E-state index contributed by atoms with van der Waals surface area (Å²) in [6, 6.07) is 11.7. The molecule has 5 nitrogen and oxygen atoms in total. The van der Waals surface area contributed by atoms with Gasteiger partial charge in [0.25, 0.3) is 0 Å². The zero-order valence-corrected chi connectivity index (χ0v) is 10.3. The number of hydrogen-bond donors (Lipinski definition) is 1. The van der Waals surface area contributed by atoms with E-state index < -0.39 is 4.92 Å². The highest BCUT2D eigenvalue weighted by Crippen LogP contribution is 2.26. The van der Waals surface area contributed by atoms with Gasteiger partial charge in [0.15, 0.2) is 5.75 Å². The summed E-state index contributed by atoms with van der Waals surface area (Å²) in [5, 5.41) is 20.1. The van der Waals surface area contributed by atoms with Crippen molar-refractivity contribution in [1.29, 1.82) is 0 Å². The second-order valence-electron chi connectivity index (χ2n) is 4.05. The second-order valence-corrected chi connectivity index (χ2v) is 4.05. The molecule has 0 aliphatic heterocycles. The molecule has 19 heavy (non-hydrogen) atoms. The summed E-state index contributed by atoms with van der Waals surface area (Å²) in [5.74, 6) is -0.349. The highest BCUT2D eigenvalue weighted by atomic mass is 16.6. The van der Waals surface area contributed by atoms with Crippen molar-refractivity contribution in [3.05, 3.63) is 63.7 Å². The molecule has 0 aromatic heterocycles. The summed E-state index contributed by atoms with van der Waals surface area (Å²) < 4.78 is 0. The van der Waals surface area contributed by atoms with Crippen LogP contribution in [0.1, 0.15) is 11.1 Å². The number of aliphatic imine (C=N–C) groups is 1. The Labute approximate surface area is 110 Å². The molecule has 5 heteroatoms. The first-order valence-corrected chi connectivity index (χ1v) is 5.65. The van der Waals surface area contributed by atoms with Gasteiger partial charge in [-0.25, -0.2) is 0 Å². The molecule has 2 aromatic carbocycles. The highest BCUT2D eigenvalue weighted by molar-refractivity contribution is 5.83. The van der Waals surface area contributed by atoms with Crippen LogP contribution in [0.15, 0.2) is 47.5 Å². The summed E-state index contributed by atoms with van der Waals surface area (Å²) in [6.45, 7) is 1.94. The van der Waals surface area contributed by atoms with E-state index >= 15 is 0 Å². The van der Waals surface area contributed by atoms with Gasteiger partial charge in [0.1, 0.15) is 0 Å². The largest absolute Gasteiger partial charge is 0.502 e. The van der Waals surface area contributed by atoms with Gasteiger partial charge in [0, 0.05) is 12.3 Å². The Morgan fingerprint density at radius 1 is 1.26 bits per heavy atom. The molecule has 0 atom stereocenters. The van der Waals surface area contributed by atoms with Crippen LogP contribution in [-0.4, -0.2) is 16.2 Å². The summed E-state index contributed by atoms with van der Waals surface area (Å²) in [4.78, 5) is 14.4. The number of aryl methyl sites for hydroxylation is 1. The monoisotopic (exact) mass is 256 g/mol. The van der Waals surface area contributed by atoms with E-state index in [1.807, 2.05) is 31.2 Å². The Kier molecular flexibility index (Phi) is 3.56. The van der Waals surface area contributed by atoms with E-state index in [9.17, 15) is 15.2 Å². The minimum atomic E-state index is -0.625. The Morgan fingerprint density at radius 3 is 2.68 bits per heavy atom. The maximum atomic E-state index is 10.7. The van der Waals surface area contributed by atoms with Crippen LogP contribution in [0.3, 0.4) is 0 Å². The Balaban J connectivity index is 2.32. The molecular weight excluding hydrogens is 244 g/mol. The van der Waals surface area contributed by atoms with E-state index in [0.29, 0.717) is 5.56 Å². The van der Waals surface area contributed by atoms with Crippen molar-refractivity contribution in [2.24, 2.45) is 4.99 Å². The van der Waals surface area contributed by atoms with Crippen molar-refractivity contribution in [3.63, 3.8) is 0 Å². The van der Waals surface area contributed by atoms with Crippen molar-refractivity contribution in [3.8, 4) is 5.75 Å². The van der Waals surface area contributed by atoms with Crippen molar-refractivity contribution in [1.82, 2.24) is 0 Å². The van der Waals surface area contributed by atoms with E-state index in [2.05, 4.69) is 4.99 Å². The smallest absolute Gasteiger partial charge is 0.311 e. The number of phenolic OH excluding ortho intramolecular Hbond substituents is 1. The normalized spacial score (nSPS) is 10.8. The first-order chi connectivity index (χ1) is 9.08. The van der Waals surface area contributed by atoms with Crippen LogP contribution in [0, 0.1) is 17.0 Å². The van der Waals surface area contributed by atoms with Crippen LogP contribution in [0.4, 0.5) is 11.4 Å².